The minimum absolute atomic E-state index is 0.259. The Morgan fingerprint density at radius 1 is 0.962 bits per heavy atom. The highest BCUT2D eigenvalue weighted by Gasteiger charge is 2.22. The fourth-order valence-electron chi connectivity index (χ4n) is 3.70. The predicted octanol–water partition coefficient (Wildman–Crippen LogP) is 2.89. The van der Waals surface area contributed by atoms with Crippen LogP contribution < -0.4 is 14.4 Å². The fourth-order valence-corrected chi connectivity index (χ4v) is 3.70. The predicted molar refractivity (Wildman–Crippen MR) is 102 cm³/mol. The van der Waals surface area contributed by atoms with Gasteiger partial charge in [-0.1, -0.05) is 18.2 Å². The van der Waals surface area contributed by atoms with Crippen molar-refractivity contribution in [3.05, 3.63) is 53.1 Å². The summed E-state index contributed by atoms with van der Waals surface area (Å²) in [6.45, 7) is 9.08. The molecule has 1 atom stereocenters. The number of β-amino-alcohol motifs (C(OH)–C–C–N with tert-alkyl or cyclic N) is 1. The Morgan fingerprint density at radius 2 is 1.73 bits per heavy atom. The third kappa shape index (κ3) is 3.50. The van der Waals surface area contributed by atoms with E-state index in [2.05, 4.69) is 41.8 Å². The summed E-state index contributed by atoms with van der Waals surface area (Å²) in [7, 11) is 0. The van der Waals surface area contributed by atoms with Crippen LogP contribution in [0.25, 0.3) is 0 Å². The highest BCUT2D eigenvalue weighted by Crippen LogP contribution is 2.34. The number of aliphatic hydroxyl groups excluding tert-OH is 1. The quantitative estimate of drug-likeness (QED) is 0.915. The summed E-state index contributed by atoms with van der Waals surface area (Å²) in [5, 5.41) is 10.6. The third-order valence-electron chi connectivity index (χ3n) is 5.29. The van der Waals surface area contributed by atoms with Crippen LogP contribution in [0.2, 0.25) is 0 Å². The van der Waals surface area contributed by atoms with Crippen LogP contribution in [0.1, 0.15) is 22.8 Å². The van der Waals surface area contributed by atoms with Crippen molar-refractivity contribution < 1.29 is 14.6 Å². The smallest absolute Gasteiger partial charge is 0.231 e. The van der Waals surface area contributed by atoms with Crippen molar-refractivity contribution in [2.24, 2.45) is 0 Å². The van der Waals surface area contributed by atoms with E-state index in [9.17, 15) is 5.11 Å². The summed E-state index contributed by atoms with van der Waals surface area (Å²) < 4.78 is 10.7. The molecule has 4 rings (SSSR count). The van der Waals surface area contributed by atoms with Gasteiger partial charge in [-0.3, -0.25) is 4.90 Å². The van der Waals surface area contributed by atoms with Gasteiger partial charge in [0.15, 0.2) is 11.5 Å². The molecule has 5 heteroatoms. The number of hydrogen-bond acceptors (Lipinski definition) is 5. The first-order valence-corrected chi connectivity index (χ1v) is 9.22. The van der Waals surface area contributed by atoms with Crippen LogP contribution in [-0.2, 0) is 0 Å². The molecule has 0 aromatic heterocycles. The van der Waals surface area contributed by atoms with Crippen LogP contribution in [0.3, 0.4) is 0 Å². The van der Waals surface area contributed by atoms with Crippen molar-refractivity contribution in [3.8, 4) is 11.5 Å². The van der Waals surface area contributed by atoms with Gasteiger partial charge in [0, 0.05) is 38.4 Å². The highest BCUT2D eigenvalue weighted by atomic mass is 16.7. The summed E-state index contributed by atoms with van der Waals surface area (Å²) in [6.07, 6.45) is -0.517. The standard InChI is InChI=1S/C21H26N2O3/c1-15-3-4-16(2)18(11-15)23-9-7-22(8-10-23)13-19(24)17-5-6-20-21(12-17)26-14-25-20/h3-6,11-12,19,24H,7-10,13-14H2,1-2H3/t19-/m1/s1. The summed E-state index contributed by atoms with van der Waals surface area (Å²) in [6, 6.07) is 12.3. The van der Waals surface area contributed by atoms with Crippen LogP contribution >= 0.6 is 0 Å². The zero-order chi connectivity index (χ0) is 18.1. The second-order valence-corrected chi connectivity index (χ2v) is 7.21. The monoisotopic (exact) mass is 354 g/mol. The van der Waals surface area contributed by atoms with Gasteiger partial charge in [-0.15, -0.1) is 0 Å². The molecule has 0 unspecified atom stereocenters. The molecule has 0 spiro atoms. The molecule has 5 nitrogen and oxygen atoms in total. The van der Waals surface area contributed by atoms with E-state index in [0.717, 1.165) is 43.2 Å². The van der Waals surface area contributed by atoms with Gasteiger partial charge in [0.2, 0.25) is 6.79 Å². The molecule has 2 aliphatic heterocycles. The number of benzene rings is 2. The van der Waals surface area contributed by atoms with E-state index >= 15 is 0 Å². The number of aryl methyl sites for hydroxylation is 2. The number of aliphatic hydroxyl groups is 1. The molecule has 0 saturated carbocycles. The first kappa shape index (κ1) is 17.2. The first-order chi connectivity index (χ1) is 12.6. The van der Waals surface area contributed by atoms with Crippen molar-refractivity contribution in [2.45, 2.75) is 20.0 Å². The van der Waals surface area contributed by atoms with Gasteiger partial charge in [-0.05, 0) is 48.7 Å². The maximum absolute atomic E-state index is 10.6. The molecule has 2 heterocycles. The molecule has 26 heavy (non-hydrogen) atoms. The maximum Gasteiger partial charge on any atom is 0.231 e. The molecule has 0 amide bonds. The zero-order valence-corrected chi connectivity index (χ0v) is 15.4. The molecule has 138 valence electrons. The first-order valence-electron chi connectivity index (χ1n) is 9.22. The number of anilines is 1. The number of hydrogen-bond donors (Lipinski definition) is 1. The normalized spacial score (nSPS) is 18.2. The molecule has 2 aliphatic rings. The lowest BCUT2D eigenvalue weighted by molar-refractivity contribution is 0.109. The van der Waals surface area contributed by atoms with Crippen LogP contribution in [0.5, 0.6) is 11.5 Å². The molecule has 0 aliphatic carbocycles. The number of fused-ring (bicyclic) bond motifs is 1. The van der Waals surface area contributed by atoms with Crippen LogP contribution in [0.4, 0.5) is 5.69 Å². The summed E-state index contributed by atoms with van der Waals surface area (Å²) in [4.78, 5) is 4.78. The Kier molecular flexibility index (Phi) is 4.74. The largest absolute Gasteiger partial charge is 0.454 e. The Morgan fingerprint density at radius 3 is 2.54 bits per heavy atom. The molecule has 0 radical (unpaired) electrons. The average molecular weight is 354 g/mol. The van der Waals surface area contributed by atoms with Crippen molar-refractivity contribution >= 4 is 5.69 Å². The topological polar surface area (TPSA) is 45.2 Å². The summed E-state index contributed by atoms with van der Waals surface area (Å²) in [5.74, 6) is 1.48. The van der Waals surface area contributed by atoms with Crippen LogP contribution in [-0.4, -0.2) is 49.5 Å². The number of nitrogens with zero attached hydrogens (tertiary/aromatic N) is 2. The minimum atomic E-state index is -0.517. The Labute approximate surface area is 154 Å². The van der Waals surface area contributed by atoms with E-state index in [1.165, 1.54) is 16.8 Å². The Hall–Kier alpha value is -2.24. The Bertz CT molecular complexity index is 785. The molecule has 2 aromatic rings. The average Bonchev–Trinajstić information content (AvgIpc) is 3.12. The van der Waals surface area contributed by atoms with Gasteiger partial charge in [-0.25, -0.2) is 0 Å². The van der Waals surface area contributed by atoms with Crippen molar-refractivity contribution in [1.82, 2.24) is 4.90 Å². The van der Waals surface area contributed by atoms with E-state index in [4.69, 9.17) is 9.47 Å². The molecule has 1 N–H and O–H groups in total. The van der Waals surface area contributed by atoms with E-state index in [0.29, 0.717) is 6.54 Å². The van der Waals surface area contributed by atoms with E-state index < -0.39 is 6.10 Å². The summed E-state index contributed by atoms with van der Waals surface area (Å²) in [5.41, 5.74) is 4.84. The van der Waals surface area contributed by atoms with Gasteiger partial charge in [0.1, 0.15) is 0 Å². The Balaban J connectivity index is 1.35. The minimum Gasteiger partial charge on any atom is -0.454 e. The third-order valence-corrected chi connectivity index (χ3v) is 5.29. The van der Waals surface area contributed by atoms with Gasteiger partial charge in [0.05, 0.1) is 6.10 Å². The fraction of sp³-hybridized carbons (Fsp3) is 0.429. The number of piperazine rings is 1. The van der Waals surface area contributed by atoms with Gasteiger partial charge >= 0.3 is 0 Å². The number of rotatable bonds is 4. The number of ether oxygens (including phenoxy) is 2. The zero-order valence-electron chi connectivity index (χ0n) is 15.4. The van der Waals surface area contributed by atoms with Crippen molar-refractivity contribution in [2.75, 3.05) is 44.4 Å². The van der Waals surface area contributed by atoms with Gasteiger partial charge in [-0.2, -0.15) is 0 Å². The van der Waals surface area contributed by atoms with Crippen LogP contribution in [0, 0.1) is 13.8 Å². The van der Waals surface area contributed by atoms with E-state index in [1.807, 2.05) is 18.2 Å². The molecule has 0 bridgehead atoms. The second kappa shape index (κ2) is 7.17. The van der Waals surface area contributed by atoms with Gasteiger partial charge < -0.3 is 19.5 Å². The molecule has 1 fully saturated rings. The lowest BCUT2D eigenvalue weighted by atomic mass is 10.1. The lowest BCUT2D eigenvalue weighted by Gasteiger charge is -2.37. The summed E-state index contributed by atoms with van der Waals surface area (Å²) >= 11 is 0. The lowest BCUT2D eigenvalue weighted by Crippen LogP contribution is -2.47. The van der Waals surface area contributed by atoms with E-state index in [-0.39, 0.29) is 6.79 Å². The second-order valence-electron chi connectivity index (χ2n) is 7.21. The molecular formula is C21H26N2O3. The van der Waals surface area contributed by atoms with Crippen LogP contribution in [0.15, 0.2) is 36.4 Å². The van der Waals surface area contributed by atoms with Gasteiger partial charge in [0.25, 0.3) is 0 Å². The van der Waals surface area contributed by atoms with E-state index in [1.54, 1.807) is 0 Å². The van der Waals surface area contributed by atoms with Crippen molar-refractivity contribution in [3.63, 3.8) is 0 Å². The maximum atomic E-state index is 10.6. The molecule has 2 aromatic carbocycles. The molecular weight excluding hydrogens is 328 g/mol. The molecule has 1 saturated heterocycles. The SMILES string of the molecule is Cc1ccc(C)c(N2CCN(C[C@@H](O)c3ccc4c(c3)OCO4)CC2)c1. The highest BCUT2D eigenvalue weighted by molar-refractivity contribution is 5.55. The van der Waals surface area contributed by atoms with Crippen molar-refractivity contribution in [1.29, 1.82) is 0 Å².